The molecule has 1 fully saturated rings. The van der Waals surface area contributed by atoms with Gasteiger partial charge in [0.25, 0.3) is 0 Å². The van der Waals surface area contributed by atoms with Crippen LogP contribution in [0.2, 0.25) is 0 Å². The maximum Gasteiger partial charge on any atom is 0.229 e. The van der Waals surface area contributed by atoms with Crippen molar-refractivity contribution in [2.45, 2.75) is 32.7 Å². The van der Waals surface area contributed by atoms with Gasteiger partial charge < -0.3 is 9.80 Å². The molecule has 0 N–H and O–H groups in total. The number of carbonyl (C=O) groups excluding carboxylic acids is 2. The number of amides is 2. The van der Waals surface area contributed by atoms with Gasteiger partial charge >= 0.3 is 0 Å². The smallest absolute Gasteiger partial charge is 0.229 e. The number of aromatic nitrogens is 2. The highest BCUT2D eigenvalue weighted by molar-refractivity contribution is 5.93. The van der Waals surface area contributed by atoms with Crippen molar-refractivity contribution in [2.75, 3.05) is 44.7 Å². The summed E-state index contributed by atoms with van der Waals surface area (Å²) in [6.45, 7) is 6.67. The number of likely N-dealkylation sites (N-methyl/N-ethyl adjacent to an activating group) is 1. The van der Waals surface area contributed by atoms with E-state index in [9.17, 15) is 9.59 Å². The molecule has 0 atom stereocenters. The quantitative estimate of drug-likeness (QED) is 0.810. The molecule has 0 aliphatic carbocycles. The maximum absolute atomic E-state index is 12.3. The average molecular weight is 319 g/mol. The third-order valence-electron chi connectivity index (χ3n) is 4.62. The van der Waals surface area contributed by atoms with E-state index in [2.05, 4.69) is 17.0 Å². The van der Waals surface area contributed by atoms with Gasteiger partial charge in [-0.2, -0.15) is 5.10 Å². The second-order valence-electron chi connectivity index (χ2n) is 6.45. The van der Waals surface area contributed by atoms with Crippen LogP contribution < -0.4 is 4.90 Å². The Bertz CT molecular complexity index is 589. The molecule has 2 aliphatic heterocycles. The van der Waals surface area contributed by atoms with Crippen molar-refractivity contribution < 1.29 is 9.59 Å². The molecule has 2 aliphatic rings. The van der Waals surface area contributed by atoms with E-state index in [1.807, 2.05) is 22.6 Å². The third kappa shape index (κ3) is 3.55. The predicted molar refractivity (Wildman–Crippen MR) is 87.2 cm³/mol. The highest BCUT2D eigenvalue weighted by Crippen LogP contribution is 2.22. The lowest BCUT2D eigenvalue weighted by Crippen LogP contribution is -2.47. The number of aryl methyl sites for hydroxylation is 2. The zero-order chi connectivity index (χ0) is 16.4. The lowest BCUT2D eigenvalue weighted by Gasteiger charge is -2.33. The van der Waals surface area contributed by atoms with E-state index in [0.29, 0.717) is 32.4 Å². The molecule has 0 unspecified atom stereocenters. The Morgan fingerprint density at radius 2 is 1.96 bits per heavy atom. The van der Waals surface area contributed by atoms with Crippen LogP contribution in [0, 0.1) is 6.92 Å². The lowest BCUT2D eigenvalue weighted by molar-refractivity contribution is -0.133. The number of carbonyl (C=O) groups is 2. The lowest BCUT2D eigenvalue weighted by atomic mass is 10.2. The van der Waals surface area contributed by atoms with E-state index in [4.69, 9.17) is 0 Å². The molecule has 1 aromatic rings. The Morgan fingerprint density at radius 3 is 2.70 bits per heavy atom. The molecule has 0 saturated carbocycles. The van der Waals surface area contributed by atoms with Gasteiger partial charge in [-0.25, -0.2) is 4.68 Å². The van der Waals surface area contributed by atoms with Crippen molar-refractivity contribution in [3.05, 3.63) is 11.8 Å². The van der Waals surface area contributed by atoms with Crippen molar-refractivity contribution in [1.29, 1.82) is 0 Å². The molecule has 1 aromatic heterocycles. The number of piperazine rings is 1. The summed E-state index contributed by atoms with van der Waals surface area (Å²) >= 11 is 0. The summed E-state index contributed by atoms with van der Waals surface area (Å²) in [6.07, 6.45) is 1.68. The second-order valence-corrected chi connectivity index (χ2v) is 6.45. The average Bonchev–Trinajstić information content (AvgIpc) is 2.90. The maximum atomic E-state index is 12.3. The first-order valence-corrected chi connectivity index (χ1v) is 8.36. The van der Waals surface area contributed by atoms with Crippen molar-refractivity contribution in [1.82, 2.24) is 19.6 Å². The summed E-state index contributed by atoms with van der Waals surface area (Å²) in [7, 11) is 2.08. The van der Waals surface area contributed by atoms with Crippen LogP contribution >= 0.6 is 0 Å². The van der Waals surface area contributed by atoms with Crippen molar-refractivity contribution in [2.24, 2.45) is 0 Å². The van der Waals surface area contributed by atoms with Crippen LogP contribution in [0.4, 0.5) is 5.82 Å². The zero-order valence-electron chi connectivity index (χ0n) is 14.0. The predicted octanol–water partition coefficient (Wildman–Crippen LogP) is 0.482. The summed E-state index contributed by atoms with van der Waals surface area (Å²) in [4.78, 5) is 30.4. The Morgan fingerprint density at radius 1 is 1.22 bits per heavy atom. The van der Waals surface area contributed by atoms with E-state index in [1.54, 1.807) is 4.90 Å². The molecular formula is C16H25N5O2. The van der Waals surface area contributed by atoms with E-state index in [-0.39, 0.29) is 11.8 Å². The molecule has 126 valence electrons. The second kappa shape index (κ2) is 6.70. The van der Waals surface area contributed by atoms with Crippen molar-refractivity contribution in [3.63, 3.8) is 0 Å². The molecule has 0 aromatic carbocycles. The number of anilines is 1. The van der Waals surface area contributed by atoms with Crippen LogP contribution in [-0.2, 0) is 16.1 Å². The number of fused-ring (bicyclic) bond motifs is 1. The number of hydrogen-bond acceptors (Lipinski definition) is 4. The molecule has 3 heterocycles. The van der Waals surface area contributed by atoms with E-state index in [1.165, 1.54) is 0 Å². The third-order valence-corrected chi connectivity index (χ3v) is 4.62. The fourth-order valence-corrected chi connectivity index (χ4v) is 3.22. The fourth-order valence-electron chi connectivity index (χ4n) is 3.22. The molecule has 7 nitrogen and oxygen atoms in total. The molecule has 0 spiro atoms. The van der Waals surface area contributed by atoms with Gasteiger partial charge in [0, 0.05) is 51.6 Å². The van der Waals surface area contributed by atoms with Crippen molar-refractivity contribution in [3.8, 4) is 0 Å². The van der Waals surface area contributed by atoms with Crippen LogP contribution in [-0.4, -0.2) is 71.2 Å². The molecule has 0 radical (unpaired) electrons. The summed E-state index contributed by atoms with van der Waals surface area (Å²) in [5.41, 5.74) is 0.924. The Hall–Kier alpha value is -1.89. The first kappa shape index (κ1) is 16.0. The molecule has 2 amide bonds. The van der Waals surface area contributed by atoms with Gasteiger partial charge in [-0.15, -0.1) is 0 Å². The van der Waals surface area contributed by atoms with Crippen LogP contribution in [0.1, 0.15) is 25.0 Å². The normalized spacial score (nSPS) is 19.1. The van der Waals surface area contributed by atoms with E-state index >= 15 is 0 Å². The Labute approximate surface area is 136 Å². The van der Waals surface area contributed by atoms with E-state index in [0.717, 1.165) is 37.7 Å². The molecule has 3 rings (SSSR count). The zero-order valence-corrected chi connectivity index (χ0v) is 14.0. The Balaban J connectivity index is 1.52. The molecule has 7 heteroatoms. The molecule has 23 heavy (non-hydrogen) atoms. The molecule has 1 saturated heterocycles. The molecule has 0 bridgehead atoms. The van der Waals surface area contributed by atoms with Crippen molar-refractivity contribution >= 4 is 17.6 Å². The van der Waals surface area contributed by atoms with Crippen LogP contribution in [0.25, 0.3) is 0 Å². The minimum Gasteiger partial charge on any atom is -0.340 e. The van der Waals surface area contributed by atoms with Gasteiger partial charge in [0.1, 0.15) is 5.82 Å². The standard InChI is InChI=1S/C16H25N5O2/c1-13-12-14-20(16(23)5-7-21(14)17-13)6-3-4-15(22)19-10-8-18(2)9-11-19/h12H,3-11H2,1-2H3. The van der Waals surface area contributed by atoms with Gasteiger partial charge in [-0.05, 0) is 20.4 Å². The first-order chi connectivity index (χ1) is 11.0. The number of rotatable bonds is 4. The fraction of sp³-hybridized carbons (Fsp3) is 0.688. The number of nitrogens with zero attached hydrogens (tertiary/aromatic N) is 5. The summed E-state index contributed by atoms with van der Waals surface area (Å²) in [6, 6.07) is 1.94. The molecular weight excluding hydrogens is 294 g/mol. The highest BCUT2D eigenvalue weighted by Gasteiger charge is 2.26. The SMILES string of the molecule is Cc1cc2n(n1)CCC(=O)N2CCCC(=O)N1CCN(C)CC1. The summed E-state index contributed by atoms with van der Waals surface area (Å²) in [5, 5.41) is 4.40. The largest absolute Gasteiger partial charge is 0.340 e. The minimum absolute atomic E-state index is 0.129. The Kier molecular flexibility index (Phi) is 4.66. The van der Waals surface area contributed by atoms with Gasteiger partial charge in [0.15, 0.2) is 0 Å². The number of hydrogen-bond donors (Lipinski definition) is 0. The van der Waals surface area contributed by atoms with Crippen LogP contribution in [0.15, 0.2) is 6.07 Å². The van der Waals surface area contributed by atoms with Gasteiger partial charge in [0.05, 0.1) is 12.2 Å². The first-order valence-electron chi connectivity index (χ1n) is 8.36. The highest BCUT2D eigenvalue weighted by atomic mass is 16.2. The van der Waals surface area contributed by atoms with Crippen LogP contribution in [0.3, 0.4) is 0 Å². The monoisotopic (exact) mass is 319 g/mol. The van der Waals surface area contributed by atoms with Gasteiger partial charge in [0.2, 0.25) is 11.8 Å². The van der Waals surface area contributed by atoms with Gasteiger partial charge in [-0.3, -0.25) is 14.5 Å². The summed E-state index contributed by atoms with van der Waals surface area (Å²) in [5.74, 6) is 1.20. The minimum atomic E-state index is 0.129. The van der Waals surface area contributed by atoms with E-state index < -0.39 is 0 Å². The topological polar surface area (TPSA) is 61.7 Å². The summed E-state index contributed by atoms with van der Waals surface area (Å²) < 4.78 is 1.89. The van der Waals surface area contributed by atoms with Crippen LogP contribution in [0.5, 0.6) is 0 Å². The van der Waals surface area contributed by atoms with Gasteiger partial charge in [-0.1, -0.05) is 0 Å².